The van der Waals surface area contributed by atoms with Crippen molar-refractivity contribution in [3.63, 3.8) is 0 Å². The van der Waals surface area contributed by atoms with Crippen LogP contribution in [0.2, 0.25) is 0 Å². The van der Waals surface area contributed by atoms with E-state index in [9.17, 15) is 9.59 Å². The number of hydrogen-bond donors (Lipinski definition) is 3. The number of carbonyl (C=O) groups is 2. The summed E-state index contributed by atoms with van der Waals surface area (Å²) in [5.41, 5.74) is 0.353. The minimum atomic E-state index is -0.189. The number of anilines is 1. The molecule has 1 aliphatic rings. The molecular weight excluding hydrogens is 264 g/mol. The van der Waals surface area contributed by atoms with E-state index in [1.165, 1.54) is 18.3 Å². The van der Waals surface area contributed by atoms with Crippen molar-refractivity contribution in [1.29, 1.82) is 0 Å². The third-order valence-corrected chi connectivity index (χ3v) is 3.86. The molecule has 2 atom stereocenters. The molecule has 6 nitrogen and oxygen atoms in total. The summed E-state index contributed by atoms with van der Waals surface area (Å²) in [6.07, 6.45) is 2.03. The fraction of sp³-hybridized carbons (Fsp3) is 0.583. The fourth-order valence-corrected chi connectivity index (χ4v) is 2.81. The molecule has 2 rings (SSSR count). The molecule has 0 aliphatic carbocycles. The van der Waals surface area contributed by atoms with Crippen LogP contribution in [-0.4, -0.2) is 35.4 Å². The molecule has 0 radical (unpaired) electrons. The highest BCUT2D eigenvalue weighted by Gasteiger charge is 2.23. The standard InChI is InChI=1S/C12H18N4O2S/c1-7-9(4-3-5-13-7)15-11(18)10-6-19-12(16-10)14-8(2)17/h6-7,9,13H,3-5H2,1-2H3,(H,15,18)(H,14,16,17). The number of thiazole rings is 1. The van der Waals surface area contributed by atoms with Gasteiger partial charge in [0.2, 0.25) is 5.91 Å². The zero-order chi connectivity index (χ0) is 13.8. The van der Waals surface area contributed by atoms with Crippen molar-refractivity contribution < 1.29 is 9.59 Å². The van der Waals surface area contributed by atoms with Gasteiger partial charge in [-0.1, -0.05) is 0 Å². The Morgan fingerprint density at radius 1 is 1.53 bits per heavy atom. The fourth-order valence-electron chi connectivity index (χ4n) is 2.07. The quantitative estimate of drug-likeness (QED) is 0.771. The van der Waals surface area contributed by atoms with Gasteiger partial charge in [0.05, 0.1) is 0 Å². The summed E-state index contributed by atoms with van der Waals surface area (Å²) in [5, 5.41) is 11.0. The monoisotopic (exact) mass is 282 g/mol. The second-order valence-electron chi connectivity index (χ2n) is 4.68. The zero-order valence-electron chi connectivity index (χ0n) is 11.0. The highest BCUT2D eigenvalue weighted by atomic mass is 32.1. The maximum Gasteiger partial charge on any atom is 0.271 e. The summed E-state index contributed by atoms with van der Waals surface area (Å²) in [7, 11) is 0. The second kappa shape index (κ2) is 6.12. The highest BCUT2D eigenvalue weighted by Crippen LogP contribution is 2.16. The van der Waals surface area contributed by atoms with E-state index >= 15 is 0 Å². The van der Waals surface area contributed by atoms with Crippen LogP contribution in [0.1, 0.15) is 37.2 Å². The number of nitrogens with zero attached hydrogens (tertiary/aromatic N) is 1. The van der Waals surface area contributed by atoms with E-state index in [1.807, 2.05) is 0 Å². The van der Waals surface area contributed by atoms with Crippen molar-refractivity contribution in [2.45, 2.75) is 38.8 Å². The summed E-state index contributed by atoms with van der Waals surface area (Å²) in [5.74, 6) is -0.375. The Hall–Kier alpha value is -1.47. The minimum absolute atomic E-state index is 0.132. The third-order valence-electron chi connectivity index (χ3n) is 3.10. The number of aromatic nitrogens is 1. The van der Waals surface area contributed by atoms with Gasteiger partial charge in [0.15, 0.2) is 5.13 Å². The van der Waals surface area contributed by atoms with Crippen LogP contribution >= 0.6 is 11.3 Å². The Morgan fingerprint density at radius 3 is 3.00 bits per heavy atom. The summed E-state index contributed by atoms with van der Waals surface area (Å²) in [6, 6.07) is 0.401. The number of amides is 2. The molecule has 2 amide bonds. The Morgan fingerprint density at radius 2 is 2.32 bits per heavy atom. The predicted molar refractivity (Wildman–Crippen MR) is 74.4 cm³/mol. The lowest BCUT2D eigenvalue weighted by Gasteiger charge is -2.30. The molecule has 0 aromatic carbocycles. The molecular formula is C12H18N4O2S. The van der Waals surface area contributed by atoms with Crippen molar-refractivity contribution in [1.82, 2.24) is 15.6 Å². The molecule has 0 spiro atoms. The van der Waals surface area contributed by atoms with E-state index in [2.05, 4.69) is 27.9 Å². The van der Waals surface area contributed by atoms with Crippen LogP contribution in [0.3, 0.4) is 0 Å². The van der Waals surface area contributed by atoms with Crippen LogP contribution < -0.4 is 16.0 Å². The van der Waals surface area contributed by atoms with Crippen molar-refractivity contribution in [3.8, 4) is 0 Å². The van der Waals surface area contributed by atoms with Gasteiger partial charge in [0.1, 0.15) is 5.69 Å². The van der Waals surface area contributed by atoms with Crippen LogP contribution in [0, 0.1) is 0 Å². The molecule has 0 bridgehead atoms. The van der Waals surface area contributed by atoms with Crippen molar-refractivity contribution in [3.05, 3.63) is 11.1 Å². The molecule has 0 saturated carbocycles. The Labute approximate surface area is 116 Å². The summed E-state index contributed by atoms with van der Waals surface area (Å²) >= 11 is 1.25. The molecule has 1 fully saturated rings. The summed E-state index contributed by atoms with van der Waals surface area (Å²) in [6.45, 7) is 4.47. The van der Waals surface area contributed by atoms with Gasteiger partial charge in [-0.05, 0) is 26.3 Å². The average Bonchev–Trinajstić information content (AvgIpc) is 2.79. The van der Waals surface area contributed by atoms with Crippen molar-refractivity contribution in [2.75, 3.05) is 11.9 Å². The van der Waals surface area contributed by atoms with Crippen molar-refractivity contribution in [2.24, 2.45) is 0 Å². The lowest BCUT2D eigenvalue weighted by molar-refractivity contribution is -0.114. The Bertz CT molecular complexity index is 474. The number of hydrogen-bond acceptors (Lipinski definition) is 5. The highest BCUT2D eigenvalue weighted by molar-refractivity contribution is 7.14. The first-order chi connectivity index (χ1) is 9.06. The van der Waals surface area contributed by atoms with Gasteiger partial charge in [0, 0.05) is 24.4 Å². The van der Waals surface area contributed by atoms with Gasteiger partial charge >= 0.3 is 0 Å². The van der Waals surface area contributed by atoms with Gasteiger partial charge < -0.3 is 16.0 Å². The van der Waals surface area contributed by atoms with Crippen LogP contribution in [0.5, 0.6) is 0 Å². The minimum Gasteiger partial charge on any atom is -0.346 e. The van der Waals surface area contributed by atoms with E-state index in [0.29, 0.717) is 10.8 Å². The first kappa shape index (κ1) is 14.0. The van der Waals surface area contributed by atoms with E-state index in [0.717, 1.165) is 19.4 Å². The first-order valence-corrected chi connectivity index (χ1v) is 7.21. The van der Waals surface area contributed by atoms with E-state index in [-0.39, 0.29) is 23.9 Å². The summed E-state index contributed by atoms with van der Waals surface area (Å²) < 4.78 is 0. The van der Waals surface area contributed by atoms with Gasteiger partial charge in [-0.15, -0.1) is 11.3 Å². The molecule has 1 aliphatic heterocycles. The summed E-state index contributed by atoms with van der Waals surface area (Å²) in [4.78, 5) is 27.0. The Kier molecular flexibility index (Phi) is 4.49. The van der Waals surface area contributed by atoms with Crippen LogP contribution in [-0.2, 0) is 4.79 Å². The SMILES string of the molecule is CC(=O)Nc1nc(C(=O)NC2CCCNC2C)cs1. The molecule has 1 saturated heterocycles. The normalized spacial score (nSPS) is 22.8. The molecule has 7 heteroatoms. The number of rotatable bonds is 3. The molecule has 104 valence electrons. The number of piperidine rings is 1. The molecule has 3 N–H and O–H groups in total. The maximum absolute atomic E-state index is 12.1. The molecule has 1 aromatic rings. The topological polar surface area (TPSA) is 83.1 Å². The van der Waals surface area contributed by atoms with Gasteiger partial charge in [-0.25, -0.2) is 4.98 Å². The van der Waals surface area contributed by atoms with E-state index in [1.54, 1.807) is 5.38 Å². The van der Waals surface area contributed by atoms with E-state index < -0.39 is 0 Å². The maximum atomic E-state index is 12.1. The van der Waals surface area contributed by atoms with E-state index in [4.69, 9.17) is 0 Å². The van der Waals surface area contributed by atoms with Crippen LogP contribution in [0.25, 0.3) is 0 Å². The average molecular weight is 282 g/mol. The van der Waals surface area contributed by atoms with Gasteiger partial charge in [0.25, 0.3) is 5.91 Å². The molecule has 2 heterocycles. The zero-order valence-corrected chi connectivity index (χ0v) is 11.8. The second-order valence-corrected chi connectivity index (χ2v) is 5.54. The van der Waals surface area contributed by atoms with Crippen molar-refractivity contribution >= 4 is 28.3 Å². The predicted octanol–water partition coefficient (Wildman–Crippen LogP) is 0.972. The largest absolute Gasteiger partial charge is 0.346 e. The molecule has 19 heavy (non-hydrogen) atoms. The first-order valence-electron chi connectivity index (χ1n) is 6.33. The third kappa shape index (κ3) is 3.74. The Balaban J connectivity index is 1.95. The lowest BCUT2D eigenvalue weighted by atomic mass is 10.00. The van der Waals surface area contributed by atoms with Crippen LogP contribution in [0.4, 0.5) is 5.13 Å². The smallest absolute Gasteiger partial charge is 0.271 e. The number of nitrogens with one attached hydrogen (secondary N) is 3. The number of carbonyl (C=O) groups excluding carboxylic acids is 2. The van der Waals surface area contributed by atoms with Gasteiger partial charge in [-0.3, -0.25) is 9.59 Å². The molecule has 1 aromatic heterocycles. The van der Waals surface area contributed by atoms with Crippen LogP contribution in [0.15, 0.2) is 5.38 Å². The lowest BCUT2D eigenvalue weighted by Crippen LogP contribution is -2.51. The van der Waals surface area contributed by atoms with Gasteiger partial charge in [-0.2, -0.15) is 0 Å². The molecule has 2 unspecified atom stereocenters.